The first-order valence-corrected chi connectivity index (χ1v) is 13.1. The Morgan fingerprint density at radius 3 is 2.49 bits per heavy atom. The maximum atomic E-state index is 5.01. The summed E-state index contributed by atoms with van der Waals surface area (Å²) in [5.74, 6) is 3.53. The molecule has 0 radical (unpaired) electrons. The van der Waals surface area contributed by atoms with Gasteiger partial charge in [0.2, 0.25) is 5.82 Å². The number of benzene rings is 2. The largest absolute Gasteiger partial charge is 0.247 e. The molecule has 7 heteroatoms. The maximum Gasteiger partial charge on any atom is 0.205 e. The lowest BCUT2D eigenvalue weighted by Crippen LogP contribution is -2.11. The molecule has 5 rings (SSSR count). The molecule has 1 aliphatic rings. The SMILES string of the molecule is CCC(C)n1nc(CCC2CCCCC2)nc1Cc1ccc(-c2ccccc2-c2nn[nH]n2)cc1. The van der Waals surface area contributed by atoms with Crippen LogP contribution in [-0.4, -0.2) is 35.4 Å². The van der Waals surface area contributed by atoms with Crippen LogP contribution >= 0.6 is 0 Å². The van der Waals surface area contributed by atoms with Crippen molar-refractivity contribution in [2.24, 2.45) is 5.92 Å². The van der Waals surface area contributed by atoms with E-state index >= 15 is 0 Å². The maximum absolute atomic E-state index is 5.01. The fourth-order valence-corrected chi connectivity index (χ4v) is 5.16. The lowest BCUT2D eigenvalue weighted by atomic mass is 9.86. The number of H-pyrrole nitrogens is 1. The molecule has 0 aliphatic heterocycles. The average molecular weight is 470 g/mol. The normalized spacial score (nSPS) is 15.4. The molecular formula is C28H35N7. The van der Waals surface area contributed by atoms with E-state index in [-0.39, 0.29) is 0 Å². The molecule has 182 valence electrons. The Morgan fingerprint density at radius 2 is 1.77 bits per heavy atom. The fraction of sp³-hybridized carbons (Fsp3) is 0.464. The zero-order valence-corrected chi connectivity index (χ0v) is 20.8. The molecule has 0 saturated heterocycles. The van der Waals surface area contributed by atoms with Gasteiger partial charge in [0.1, 0.15) is 5.82 Å². The van der Waals surface area contributed by atoms with Crippen molar-refractivity contribution in [3.8, 4) is 22.5 Å². The molecule has 0 amide bonds. The monoisotopic (exact) mass is 469 g/mol. The van der Waals surface area contributed by atoms with Crippen molar-refractivity contribution in [3.05, 3.63) is 65.7 Å². The van der Waals surface area contributed by atoms with Gasteiger partial charge in [0.15, 0.2) is 5.82 Å². The number of aromatic amines is 1. The van der Waals surface area contributed by atoms with Crippen LogP contribution in [0.25, 0.3) is 22.5 Å². The van der Waals surface area contributed by atoms with Crippen molar-refractivity contribution in [2.45, 2.75) is 77.7 Å². The molecule has 4 aromatic rings. The van der Waals surface area contributed by atoms with Gasteiger partial charge in [-0.15, -0.1) is 10.2 Å². The highest BCUT2D eigenvalue weighted by Crippen LogP contribution is 2.30. The van der Waals surface area contributed by atoms with Crippen LogP contribution in [0.15, 0.2) is 48.5 Å². The lowest BCUT2D eigenvalue weighted by molar-refractivity contribution is 0.337. The van der Waals surface area contributed by atoms with E-state index in [0.29, 0.717) is 11.9 Å². The summed E-state index contributed by atoms with van der Waals surface area (Å²) < 4.78 is 2.16. The van der Waals surface area contributed by atoms with Crippen LogP contribution in [0, 0.1) is 5.92 Å². The first-order chi connectivity index (χ1) is 17.2. The minimum Gasteiger partial charge on any atom is -0.247 e. The Kier molecular flexibility index (Phi) is 7.31. The van der Waals surface area contributed by atoms with Gasteiger partial charge in [-0.25, -0.2) is 9.67 Å². The van der Waals surface area contributed by atoms with E-state index in [9.17, 15) is 0 Å². The molecule has 1 unspecified atom stereocenters. The number of nitrogens with zero attached hydrogens (tertiary/aromatic N) is 6. The van der Waals surface area contributed by atoms with E-state index in [1.165, 1.54) is 44.1 Å². The minimum atomic E-state index is 0.349. The summed E-state index contributed by atoms with van der Waals surface area (Å²) in [4.78, 5) is 5.01. The Bertz CT molecular complexity index is 1200. The van der Waals surface area contributed by atoms with Gasteiger partial charge in [-0.1, -0.05) is 87.6 Å². The number of rotatable bonds is 9. The van der Waals surface area contributed by atoms with Crippen molar-refractivity contribution >= 4 is 0 Å². The van der Waals surface area contributed by atoms with Crippen LogP contribution in [0.3, 0.4) is 0 Å². The summed E-state index contributed by atoms with van der Waals surface area (Å²) in [5, 5.41) is 19.5. The van der Waals surface area contributed by atoms with Crippen molar-refractivity contribution in [1.29, 1.82) is 0 Å². The number of hydrogen-bond donors (Lipinski definition) is 1. The van der Waals surface area contributed by atoms with E-state index in [1.807, 2.05) is 18.2 Å². The Hall–Kier alpha value is -3.35. The smallest absolute Gasteiger partial charge is 0.205 e. The molecule has 0 spiro atoms. The first kappa shape index (κ1) is 23.4. The fourth-order valence-electron chi connectivity index (χ4n) is 5.16. The molecule has 2 heterocycles. The van der Waals surface area contributed by atoms with Crippen LogP contribution in [0.2, 0.25) is 0 Å². The quantitative estimate of drug-likeness (QED) is 0.315. The van der Waals surface area contributed by atoms with E-state index < -0.39 is 0 Å². The van der Waals surface area contributed by atoms with Crippen molar-refractivity contribution in [1.82, 2.24) is 35.4 Å². The molecular weight excluding hydrogens is 434 g/mol. The molecule has 7 nitrogen and oxygen atoms in total. The molecule has 1 atom stereocenters. The molecule has 35 heavy (non-hydrogen) atoms. The number of nitrogens with one attached hydrogen (secondary N) is 1. The van der Waals surface area contributed by atoms with Gasteiger partial charge in [-0.2, -0.15) is 10.3 Å². The number of aromatic nitrogens is 7. The van der Waals surface area contributed by atoms with Crippen LogP contribution in [0.1, 0.15) is 82.0 Å². The highest BCUT2D eigenvalue weighted by atomic mass is 15.5. The van der Waals surface area contributed by atoms with Crippen molar-refractivity contribution in [3.63, 3.8) is 0 Å². The molecule has 1 saturated carbocycles. The Balaban J connectivity index is 1.33. The third kappa shape index (κ3) is 5.50. The summed E-state index contributed by atoms with van der Waals surface area (Å²) in [6.07, 6.45) is 11.0. The predicted molar refractivity (Wildman–Crippen MR) is 138 cm³/mol. The standard InChI is InChI=1S/C28H35N7/c1-3-20(2)35-27(29-26(32-35)18-15-21-9-5-4-6-10-21)19-22-13-16-23(17-14-22)24-11-7-8-12-25(24)28-30-33-34-31-28/h7-8,11-14,16-17,20-21H,3-6,9-10,15,18-19H2,1-2H3,(H,30,31,33,34). The van der Waals surface area contributed by atoms with Gasteiger partial charge in [0, 0.05) is 18.4 Å². The molecule has 2 aromatic carbocycles. The van der Waals surface area contributed by atoms with Gasteiger partial charge in [0.05, 0.1) is 6.04 Å². The second kappa shape index (κ2) is 10.9. The molecule has 1 N–H and O–H groups in total. The minimum absolute atomic E-state index is 0.349. The van der Waals surface area contributed by atoms with Gasteiger partial charge in [-0.3, -0.25) is 0 Å². The molecule has 1 aliphatic carbocycles. The zero-order chi connectivity index (χ0) is 24.0. The Morgan fingerprint density at radius 1 is 1.00 bits per heavy atom. The predicted octanol–water partition coefficient (Wildman–Crippen LogP) is 6.20. The van der Waals surface area contributed by atoms with E-state index in [2.05, 4.69) is 69.5 Å². The van der Waals surface area contributed by atoms with Gasteiger partial charge in [0.25, 0.3) is 0 Å². The third-order valence-electron chi connectivity index (χ3n) is 7.40. The summed E-state index contributed by atoms with van der Waals surface area (Å²) in [5.41, 5.74) is 4.42. The summed E-state index contributed by atoms with van der Waals surface area (Å²) in [6.45, 7) is 4.45. The molecule has 0 bridgehead atoms. The first-order valence-electron chi connectivity index (χ1n) is 13.1. The number of tetrazole rings is 1. The second-order valence-corrected chi connectivity index (χ2v) is 9.84. The number of hydrogen-bond acceptors (Lipinski definition) is 5. The van der Waals surface area contributed by atoms with Crippen molar-refractivity contribution < 1.29 is 0 Å². The lowest BCUT2D eigenvalue weighted by Gasteiger charge is -2.20. The molecule has 2 aromatic heterocycles. The van der Waals surface area contributed by atoms with Gasteiger partial charge < -0.3 is 0 Å². The summed E-state index contributed by atoms with van der Waals surface area (Å²) >= 11 is 0. The van der Waals surface area contributed by atoms with Crippen molar-refractivity contribution in [2.75, 3.05) is 0 Å². The Labute approximate surface area is 207 Å². The molecule has 1 fully saturated rings. The van der Waals surface area contributed by atoms with Gasteiger partial charge in [-0.05, 0) is 47.6 Å². The topological polar surface area (TPSA) is 85.2 Å². The van der Waals surface area contributed by atoms with Crippen LogP contribution in [0.4, 0.5) is 0 Å². The highest BCUT2D eigenvalue weighted by molar-refractivity contribution is 5.80. The highest BCUT2D eigenvalue weighted by Gasteiger charge is 2.18. The van der Waals surface area contributed by atoms with E-state index in [0.717, 1.165) is 53.5 Å². The average Bonchev–Trinajstić information content (AvgIpc) is 3.59. The van der Waals surface area contributed by atoms with Crippen LogP contribution < -0.4 is 0 Å². The van der Waals surface area contributed by atoms with E-state index in [4.69, 9.17) is 10.1 Å². The summed E-state index contributed by atoms with van der Waals surface area (Å²) in [6, 6.07) is 17.2. The number of aryl methyl sites for hydroxylation is 1. The van der Waals surface area contributed by atoms with Gasteiger partial charge >= 0.3 is 0 Å². The van der Waals surface area contributed by atoms with E-state index in [1.54, 1.807) is 0 Å². The van der Waals surface area contributed by atoms with Crippen LogP contribution in [0.5, 0.6) is 0 Å². The van der Waals surface area contributed by atoms with Crippen LogP contribution in [-0.2, 0) is 12.8 Å². The summed E-state index contributed by atoms with van der Waals surface area (Å²) in [7, 11) is 0. The third-order valence-corrected chi connectivity index (χ3v) is 7.40. The zero-order valence-electron chi connectivity index (χ0n) is 20.8. The second-order valence-electron chi connectivity index (χ2n) is 9.84.